The zero-order valence-corrected chi connectivity index (χ0v) is 17.4. The normalized spacial score (nSPS) is 10.8. The molecule has 0 N–H and O–H groups in total. The summed E-state index contributed by atoms with van der Waals surface area (Å²) >= 11 is 7.86. The number of ether oxygens (including phenoxy) is 2. The van der Waals surface area contributed by atoms with Crippen molar-refractivity contribution in [3.05, 3.63) is 92.7 Å². The molecule has 6 nitrogen and oxygen atoms in total. The summed E-state index contributed by atoms with van der Waals surface area (Å²) in [6.07, 6.45) is 0. The van der Waals surface area contributed by atoms with E-state index in [2.05, 4.69) is 5.10 Å². The molecule has 0 spiro atoms. The third-order valence-corrected chi connectivity index (χ3v) is 6.01. The summed E-state index contributed by atoms with van der Waals surface area (Å²) in [6, 6.07) is 19.6. The van der Waals surface area contributed by atoms with Gasteiger partial charge in [0.15, 0.2) is 5.69 Å². The van der Waals surface area contributed by atoms with Crippen molar-refractivity contribution in [2.24, 2.45) is 0 Å². The zero-order valence-electron chi connectivity index (χ0n) is 15.8. The van der Waals surface area contributed by atoms with Crippen LogP contribution in [0.15, 0.2) is 71.5 Å². The lowest BCUT2D eigenvalue weighted by Gasteiger charge is -2.09. The van der Waals surface area contributed by atoms with Gasteiger partial charge in [-0.2, -0.15) is 5.10 Å². The van der Waals surface area contributed by atoms with Crippen LogP contribution >= 0.6 is 22.9 Å². The first-order valence-electron chi connectivity index (χ1n) is 9.21. The van der Waals surface area contributed by atoms with E-state index in [0.717, 1.165) is 15.0 Å². The van der Waals surface area contributed by atoms with Gasteiger partial charge in [0.05, 0.1) is 16.4 Å². The molecule has 30 heavy (non-hydrogen) atoms. The number of hydrogen-bond acceptors (Lipinski definition) is 6. The highest BCUT2D eigenvalue weighted by Gasteiger charge is 2.15. The molecule has 2 aromatic carbocycles. The van der Waals surface area contributed by atoms with Crippen molar-refractivity contribution in [3.63, 3.8) is 0 Å². The fraction of sp³-hybridized carbons (Fsp3) is 0.136. The van der Waals surface area contributed by atoms with E-state index in [1.165, 1.54) is 28.2 Å². The number of benzene rings is 2. The minimum atomic E-state index is -0.624. The highest BCUT2D eigenvalue weighted by molar-refractivity contribution is 7.19. The topological polar surface area (TPSA) is 70.4 Å². The highest BCUT2D eigenvalue weighted by atomic mass is 35.5. The molecule has 0 atom stereocenters. The third kappa shape index (κ3) is 4.53. The second-order valence-corrected chi connectivity index (χ2v) is 7.87. The molecule has 0 amide bonds. The van der Waals surface area contributed by atoms with Crippen molar-refractivity contribution in [2.75, 3.05) is 6.61 Å². The Bertz CT molecular complexity index is 1240. The predicted octanol–water partition coefficient (Wildman–Crippen LogP) is 4.55. The van der Waals surface area contributed by atoms with Crippen LogP contribution < -0.4 is 10.3 Å². The Kier molecular flexibility index (Phi) is 6.11. The maximum Gasteiger partial charge on any atom is 0.359 e. The Labute approximate surface area is 181 Å². The summed E-state index contributed by atoms with van der Waals surface area (Å²) < 4.78 is 13.2. The van der Waals surface area contributed by atoms with Crippen molar-refractivity contribution in [1.29, 1.82) is 0 Å². The van der Waals surface area contributed by atoms with Crippen LogP contribution in [0.5, 0.6) is 5.75 Å². The van der Waals surface area contributed by atoms with Gasteiger partial charge in [-0.05, 0) is 24.3 Å². The molecular formula is C22H17ClN2O4S. The molecule has 0 saturated carbocycles. The van der Waals surface area contributed by atoms with E-state index in [9.17, 15) is 9.59 Å². The maximum absolute atomic E-state index is 12.4. The number of esters is 1. The van der Waals surface area contributed by atoms with Crippen LogP contribution in [0.2, 0.25) is 5.02 Å². The number of thiophene rings is 1. The van der Waals surface area contributed by atoms with Crippen molar-refractivity contribution >= 4 is 39.0 Å². The molecule has 152 valence electrons. The maximum atomic E-state index is 12.4. The van der Waals surface area contributed by atoms with Gasteiger partial charge in [-0.1, -0.05) is 48.0 Å². The summed E-state index contributed by atoms with van der Waals surface area (Å²) in [5.41, 5.74) is -0.276. The molecule has 2 aromatic heterocycles. The number of carbonyl (C=O) groups is 1. The number of halogens is 1. The fourth-order valence-electron chi connectivity index (χ4n) is 2.85. The number of rotatable bonds is 7. The minimum Gasteiger partial charge on any atom is -0.492 e. The Hall–Kier alpha value is -3.16. The van der Waals surface area contributed by atoms with Crippen LogP contribution in [0.1, 0.15) is 15.4 Å². The summed E-state index contributed by atoms with van der Waals surface area (Å²) in [5.74, 6) is 0.0718. The van der Waals surface area contributed by atoms with E-state index in [4.69, 9.17) is 21.1 Å². The standard InChI is InChI=1S/C22H17ClN2O4S/c23-21-16-8-4-5-9-18(16)30-19(21)14-29-22(27)17-10-11-20(26)25(24-17)12-13-28-15-6-2-1-3-7-15/h1-11H,12-14H2. The molecule has 0 bridgehead atoms. The summed E-state index contributed by atoms with van der Waals surface area (Å²) in [7, 11) is 0. The number of nitrogens with zero attached hydrogens (tertiary/aromatic N) is 2. The average Bonchev–Trinajstić information content (AvgIpc) is 3.10. The zero-order chi connectivity index (χ0) is 20.9. The van der Waals surface area contributed by atoms with E-state index in [0.29, 0.717) is 10.8 Å². The monoisotopic (exact) mass is 440 g/mol. The molecule has 0 aliphatic rings. The SMILES string of the molecule is O=C(OCc1sc2ccccc2c1Cl)c1ccc(=O)n(CCOc2ccccc2)n1. The van der Waals surface area contributed by atoms with Crippen LogP contribution in [0.4, 0.5) is 0 Å². The Morgan fingerprint density at radius 3 is 2.60 bits per heavy atom. The van der Waals surface area contributed by atoms with Gasteiger partial charge in [0.1, 0.15) is 19.0 Å². The fourth-order valence-corrected chi connectivity index (χ4v) is 4.25. The van der Waals surface area contributed by atoms with Gasteiger partial charge in [0.2, 0.25) is 0 Å². The van der Waals surface area contributed by atoms with Gasteiger partial charge in [0, 0.05) is 16.2 Å². The summed E-state index contributed by atoms with van der Waals surface area (Å²) in [4.78, 5) is 25.2. The van der Waals surface area contributed by atoms with Crippen molar-refractivity contribution in [3.8, 4) is 5.75 Å². The Balaban J connectivity index is 1.40. The van der Waals surface area contributed by atoms with E-state index in [1.807, 2.05) is 54.6 Å². The van der Waals surface area contributed by atoms with E-state index >= 15 is 0 Å². The average molecular weight is 441 g/mol. The lowest BCUT2D eigenvalue weighted by atomic mass is 10.2. The van der Waals surface area contributed by atoms with Crippen molar-refractivity contribution in [1.82, 2.24) is 9.78 Å². The first-order valence-corrected chi connectivity index (χ1v) is 10.4. The molecule has 4 aromatic rings. The van der Waals surface area contributed by atoms with Crippen LogP contribution in [-0.2, 0) is 17.9 Å². The van der Waals surface area contributed by atoms with Crippen molar-refractivity contribution < 1.29 is 14.3 Å². The lowest BCUT2D eigenvalue weighted by molar-refractivity contribution is 0.0466. The van der Waals surface area contributed by atoms with E-state index in [-0.39, 0.29) is 31.0 Å². The lowest BCUT2D eigenvalue weighted by Crippen LogP contribution is -2.27. The molecule has 0 saturated heterocycles. The number of aromatic nitrogens is 2. The highest BCUT2D eigenvalue weighted by Crippen LogP contribution is 2.35. The molecule has 2 heterocycles. The molecule has 4 rings (SSSR count). The van der Waals surface area contributed by atoms with Crippen LogP contribution in [0.25, 0.3) is 10.1 Å². The van der Waals surface area contributed by atoms with Gasteiger partial charge in [-0.3, -0.25) is 4.79 Å². The van der Waals surface area contributed by atoms with Gasteiger partial charge >= 0.3 is 5.97 Å². The molecule has 0 radical (unpaired) electrons. The van der Waals surface area contributed by atoms with Crippen LogP contribution in [-0.4, -0.2) is 22.4 Å². The smallest absolute Gasteiger partial charge is 0.359 e. The first kappa shape index (κ1) is 20.1. The molecule has 0 unspecified atom stereocenters. The molecule has 8 heteroatoms. The molecule has 0 fully saturated rings. The minimum absolute atomic E-state index is 0.0366. The number of hydrogen-bond donors (Lipinski definition) is 0. The predicted molar refractivity (Wildman–Crippen MR) is 116 cm³/mol. The molecular weight excluding hydrogens is 424 g/mol. The Morgan fingerprint density at radius 2 is 1.80 bits per heavy atom. The summed E-state index contributed by atoms with van der Waals surface area (Å²) in [5, 5.41) is 5.61. The second-order valence-electron chi connectivity index (χ2n) is 6.35. The number of carbonyl (C=O) groups excluding carboxylic acids is 1. The van der Waals surface area contributed by atoms with Gasteiger partial charge in [-0.15, -0.1) is 11.3 Å². The summed E-state index contributed by atoms with van der Waals surface area (Å²) in [6.45, 7) is 0.485. The number of fused-ring (bicyclic) bond motifs is 1. The largest absolute Gasteiger partial charge is 0.492 e. The molecule has 0 aliphatic carbocycles. The second kappa shape index (κ2) is 9.11. The van der Waals surface area contributed by atoms with E-state index < -0.39 is 5.97 Å². The van der Waals surface area contributed by atoms with Crippen molar-refractivity contribution in [2.45, 2.75) is 13.2 Å². The quantitative estimate of drug-likeness (QED) is 0.394. The van der Waals surface area contributed by atoms with Gasteiger partial charge in [0.25, 0.3) is 5.56 Å². The van der Waals surface area contributed by atoms with Gasteiger partial charge < -0.3 is 9.47 Å². The first-order chi connectivity index (χ1) is 14.6. The van der Waals surface area contributed by atoms with Crippen LogP contribution in [0.3, 0.4) is 0 Å². The van der Waals surface area contributed by atoms with Gasteiger partial charge in [-0.25, -0.2) is 9.48 Å². The molecule has 0 aliphatic heterocycles. The number of para-hydroxylation sites is 1. The Morgan fingerprint density at radius 1 is 1.03 bits per heavy atom. The van der Waals surface area contributed by atoms with Crippen LogP contribution in [0, 0.1) is 0 Å². The van der Waals surface area contributed by atoms with E-state index in [1.54, 1.807) is 0 Å². The third-order valence-electron chi connectivity index (χ3n) is 4.33.